The van der Waals surface area contributed by atoms with E-state index in [9.17, 15) is 0 Å². The molecule has 3 aromatic rings. The van der Waals surface area contributed by atoms with Crippen molar-refractivity contribution in [1.29, 1.82) is 0 Å². The Labute approximate surface area is 131 Å². The first kappa shape index (κ1) is 13.7. The van der Waals surface area contributed by atoms with E-state index >= 15 is 0 Å². The summed E-state index contributed by atoms with van der Waals surface area (Å²) in [6.07, 6.45) is 5.13. The quantitative estimate of drug-likeness (QED) is 0.541. The van der Waals surface area contributed by atoms with E-state index in [2.05, 4.69) is 57.9 Å². The zero-order valence-corrected chi connectivity index (χ0v) is 14.0. The van der Waals surface area contributed by atoms with Gasteiger partial charge in [0, 0.05) is 23.2 Å². The molecule has 0 amide bonds. The molecule has 4 rings (SSSR count). The first-order valence-corrected chi connectivity index (χ1v) is 7.99. The van der Waals surface area contributed by atoms with Gasteiger partial charge in [0.05, 0.1) is 11.0 Å². The number of aromatic nitrogens is 2. The molecule has 0 aliphatic heterocycles. The monoisotopic (exact) mass is 290 g/mol. The first-order valence-electron chi connectivity index (χ1n) is 7.99. The first-order chi connectivity index (χ1) is 10.3. The third-order valence-corrected chi connectivity index (χ3v) is 5.20. The van der Waals surface area contributed by atoms with Gasteiger partial charge >= 0.3 is 0 Å². The van der Waals surface area contributed by atoms with Crippen LogP contribution in [-0.4, -0.2) is 9.97 Å². The van der Waals surface area contributed by atoms with Crippen LogP contribution in [0.25, 0.3) is 21.8 Å². The fourth-order valence-corrected chi connectivity index (χ4v) is 4.61. The van der Waals surface area contributed by atoms with Gasteiger partial charge in [-0.05, 0) is 59.1 Å². The van der Waals surface area contributed by atoms with Gasteiger partial charge in [-0.15, -0.1) is 0 Å². The Hall–Kier alpha value is -1.96. The molecule has 0 spiro atoms. The molecule has 2 heterocycles. The summed E-state index contributed by atoms with van der Waals surface area (Å²) in [6, 6.07) is 6.44. The van der Waals surface area contributed by atoms with E-state index in [1.165, 1.54) is 33.9 Å². The lowest BCUT2D eigenvalue weighted by Gasteiger charge is -2.23. The van der Waals surface area contributed by atoms with Crippen LogP contribution in [0.4, 0.5) is 0 Å². The molecule has 2 heteroatoms. The molecular weight excluding hydrogens is 268 g/mol. The highest BCUT2D eigenvalue weighted by atomic mass is 14.7. The molecule has 0 bridgehead atoms. The molecule has 2 nitrogen and oxygen atoms in total. The zero-order valence-electron chi connectivity index (χ0n) is 14.0. The number of nitrogens with zero attached hydrogens (tertiary/aromatic N) is 2. The summed E-state index contributed by atoms with van der Waals surface area (Å²) in [5.74, 6) is 0. The Morgan fingerprint density at radius 3 is 2.50 bits per heavy atom. The fraction of sp³-hybridized carbons (Fsp3) is 0.400. The van der Waals surface area contributed by atoms with Gasteiger partial charge in [-0.1, -0.05) is 27.7 Å². The Kier molecular flexibility index (Phi) is 2.53. The SMILES string of the molecule is Cc1cc2c3c(cnc2c2cccnc12)C(C)(C)CC3(C)C. The van der Waals surface area contributed by atoms with Crippen molar-refractivity contribution in [3.8, 4) is 0 Å². The zero-order chi connectivity index (χ0) is 15.7. The van der Waals surface area contributed by atoms with Gasteiger partial charge < -0.3 is 0 Å². The second-order valence-corrected chi connectivity index (χ2v) is 7.98. The van der Waals surface area contributed by atoms with Crippen molar-refractivity contribution >= 4 is 21.8 Å². The maximum Gasteiger partial charge on any atom is 0.0799 e. The average molecular weight is 290 g/mol. The van der Waals surface area contributed by atoms with Gasteiger partial charge in [0.15, 0.2) is 0 Å². The van der Waals surface area contributed by atoms with E-state index in [4.69, 9.17) is 4.98 Å². The smallest absolute Gasteiger partial charge is 0.0799 e. The van der Waals surface area contributed by atoms with Crippen molar-refractivity contribution in [3.05, 3.63) is 47.3 Å². The molecule has 1 aliphatic rings. The molecule has 0 radical (unpaired) electrons. The molecule has 0 fully saturated rings. The highest BCUT2D eigenvalue weighted by molar-refractivity contribution is 6.07. The van der Waals surface area contributed by atoms with Gasteiger partial charge in [-0.3, -0.25) is 9.97 Å². The lowest BCUT2D eigenvalue weighted by Crippen LogP contribution is -2.18. The number of aryl methyl sites for hydroxylation is 1. The Morgan fingerprint density at radius 2 is 1.73 bits per heavy atom. The maximum absolute atomic E-state index is 4.84. The molecule has 0 saturated carbocycles. The van der Waals surface area contributed by atoms with Gasteiger partial charge in [-0.25, -0.2) is 0 Å². The number of hydrogen-bond donors (Lipinski definition) is 0. The minimum Gasteiger partial charge on any atom is -0.256 e. The molecule has 0 unspecified atom stereocenters. The Balaban J connectivity index is 2.23. The standard InChI is InChI=1S/C20H22N2/c1-12-9-14-16-15(19(2,3)11-20(16,4)5)10-22-18(14)13-7-6-8-21-17(12)13/h6-10H,11H2,1-5H3. The number of hydrogen-bond acceptors (Lipinski definition) is 2. The van der Waals surface area contributed by atoms with Crippen LogP contribution in [0.3, 0.4) is 0 Å². The molecule has 0 N–H and O–H groups in total. The summed E-state index contributed by atoms with van der Waals surface area (Å²) in [5.41, 5.74) is 6.67. The minimum absolute atomic E-state index is 0.183. The van der Waals surface area contributed by atoms with Gasteiger partial charge in [0.1, 0.15) is 0 Å². The van der Waals surface area contributed by atoms with E-state index in [-0.39, 0.29) is 10.8 Å². The number of pyridine rings is 2. The number of fused-ring (bicyclic) bond motifs is 5. The predicted molar refractivity (Wildman–Crippen MR) is 92.5 cm³/mol. The van der Waals surface area contributed by atoms with Crippen molar-refractivity contribution in [2.24, 2.45) is 0 Å². The van der Waals surface area contributed by atoms with Crippen molar-refractivity contribution < 1.29 is 0 Å². The van der Waals surface area contributed by atoms with Crippen LogP contribution >= 0.6 is 0 Å². The third-order valence-electron chi connectivity index (χ3n) is 5.20. The van der Waals surface area contributed by atoms with Crippen LogP contribution in [0.15, 0.2) is 30.6 Å². The normalized spacial score (nSPS) is 18.8. The molecule has 0 saturated heterocycles. The van der Waals surface area contributed by atoms with Crippen molar-refractivity contribution in [2.75, 3.05) is 0 Å². The molecule has 1 aromatic carbocycles. The van der Waals surface area contributed by atoms with E-state index in [0.29, 0.717) is 0 Å². The summed E-state index contributed by atoms with van der Waals surface area (Å²) < 4.78 is 0. The lowest BCUT2D eigenvalue weighted by atomic mass is 9.81. The van der Waals surface area contributed by atoms with Crippen LogP contribution in [0.5, 0.6) is 0 Å². The molecule has 112 valence electrons. The van der Waals surface area contributed by atoms with E-state index in [0.717, 1.165) is 11.0 Å². The Morgan fingerprint density at radius 1 is 0.955 bits per heavy atom. The van der Waals surface area contributed by atoms with Crippen LogP contribution in [0.1, 0.15) is 50.8 Å². The van der Waals surface area contributed by atoms with E-state index in [1.54, 1.807) is 0 Å². The van der Waals surface area contributed by atoms with E-state index in [1.807, 2.05) is 12.3 Å². The van der Waals surface area contributed by atoms with Crippen molar-refractivity contribution in [3.63, 3.8) is 0 Å². The summed E-state index contributed by atoms with van der Waals surface area (Å²) in [7, 11) is 0. The van der Waals surface area contributed by atoms with Crippen LogP contribution in [0, 0.1) is 6.92 Å². The van der Waals surface area contributed by atoms with Gasteiger partial charge in [0.25, 0.3) is 0 Å². The van der Waals surface area contributed by atoms with Crippen LogP contribution in [0.2, 0.25) is 0 Å². The second-order valence-electron chi connectivity index (χ2n) is 7.98. The van der Waals surface area contributed by atoms with Gasteiger partial charge in [-0.2, -0.15) is 0 Å². The molecule has 22 heavy (non-hydrogen) atoms. The molecule has 2 aromatic heterocycles. The minimum atomic E-state index is 0.183. The number of rotatable bonds is 0. The second kappa shape index (κ2) is 4.07. The summed E-state index contributed by atoms with van der Waals surface area (Å²) in [5, 5.41) is 2.48. The van der Waals surface area contributed by atoms with E-state index < -0.39 is 0 Å². The summed E-state index contributed by atoms with van der Waals surface area (Å²) in [6.45, 7) is 11.6. The summed E-state index contributed by atoms with van der Waals surface area (Å²) in [4.78, 5) is 9.39. The Bertz CT molecular complexity index is 920. The lowest BCUT2D eigenvalue weighted by molar-refractivity contribution is 0.404. The van der Waals surface area contributed by atoms with Crippen LogP contribution < -0.4 is 0 Å². The largest absolute Gasteiger partial charge is 0.256 e. The van der Waals surface area contributed by atoms with Crippen LogP contribution in [-0.2, 0) is 10.8 Å². The topological polar surface area (TPSA) is 25.8 Å². The molecule has 0 atom stereocenters. The van der Waals surface area contributed by atoms with Gasteiger partial charge in [0.2, 0.25) is 0 Å². The average Bonchev–Trinajstić information content (AvgIpc) is 2.64. The molecular formula is C20H22N2. The summed E-state index contributed by atoms with van der Waals surface area (Å²) >= 11 is 0. The maximum atomic E-state index is 4.84. The fourth-order valence-electron chi connectivity index (χ4n) is 4.61. The highest BCUT2D eigenvalue weighted by Crippen LogP contribution is 2.51. The third kappa shape index (κ3) is 1.67. The molecule has 1 aliphatic carbocycles. The highest BCUT2D eigenvalue weighted by Gasteiger charge is 2.43. The van der Waals surface area contributed by atoms with Crippen molar-refractivity contribution in [1.82, 2.24) is 9.97 Å². The van der Waals surface area contributed by atoms with Crippen molar-refractivity contribution in [2.45, 2.75) is 51.9 Å². The number of benzene rings is 1. The predicted octanol–water partition coefficient (Wildman–Crippen LogP) is 5.05.